The third-order valence-corrected chi connectivity index (χ3v) is 3.38. The molecule has 0 unspecified atom stereocenters. The number of hydrogen-bond acceptors (Lipinski definition) is 4. The van der Waals surface area contributed by atoms with E-state index in [-0.39, 0.29) is 0 Å². The van der Waals surface area contributed by atoms with Crippen LogP contribution >= 0.6 is 23.2 Å². The van der Waals surface area contributed by atoms with Crippen LogP contribution in [0, 0.1) is 0 Å². The smallest absolute Gasteiger partial charge is 0.139 e. The zero-order valence-corrected chi connectivity index (χ0v) is 12.9. The van der Waals surface area contributed by atoms with E-state index in [4.69, 9.17) is 23.2 Å². The average Bonchev–Trinajstić information content (AvgIpc) is 2.42. The van der Waals surface area contributed by atoms with Gasteiger partial charge in [-0.2, -0.15) is 0 Å². The van der Waals surface area contributed by atoms with Crippen molar-refractivity contribution in [1.29, 1.82) is 0 Å². The summed E-state index contributed by atoms with van der Waals surface area (Å²) in [7, 11) is 0. The molecule has 0 radical (unpaired) electrons. The van der Waals surface area contributed by atoms with Crippen LogP contribution in [0.3, 0.4) is 0 Å². The van der Waals surface area contributed by atoms with Crippen molar-refractivity contribution in [2.75, 3.05) is 17.2 Å². The predicted molar refractivity (Wildman–Crippen MR) is 85.3 cm³/mol. The lowest BCUT2D eigenvalue weighted by molar-refractivity contribution is 1.03. The van der Waals surface area contributed by atoms with Crippen LogP contribution in [-0.2, 0) is 6.42 Å². The number of nitrogens with one attached hydrogen (secondary N) is 2. The second kappa shape index (κ2) is 6.77. The van der Waals surface area contributed by atoms with Crippen LogP contribution in [0.2, 0.25) is 10.0 Å². The van der Waals surface area contributed by atoms with Crippen LogP contribution in [0.4, 0.5) is 17.3 Å². The maximum atomic E-state index is 6.17. The summed E-state index contributed by atoms with van der Waals surface area (Å²) in [6.07, 6.45) is 2.35. The number of benzene rings is 1. The summed E-state index contributed by atoms with van der Waals surface area (Å²) in [5, 5.41) is 7.63. The third-order valence-electron chi connectivity index (χ3n) is 2.83. The summed E-state index contributed by atoms with van der Waals surface area (Å²) >= 11 is 12.1. The van der Waals surface area contributed by atoms with Crippen molar-refractivity contribution in [2.45, 2.75) is 20.3 Å². The van der Waals surface area contributed by atoms with Crippen LogP contribution in [-0.4, -0.2) is 16.5 Å². The van der Waals surface area contributed by atoms with Crippen LogP contribution in [0.5, 0.6) is 0 Å². The Hall–Kier alpha value is -1.52. The fourth-order valence-electron chi connectivity index (χ4n) is 1.89. The Morgan fingerprint density at radius 2 is 1.85 bits per heavy atom. The van der Waals surface area contributed by atoms with Crippen molar-refractivity contribution in [1.82, 2.24) is 9.97 Å². The number of anilines is 3. The lowest BCUT2D eigenvalue weighted by Crippen LogP contribution is -2.07. The number of aromatic nitrogens is 2. The molecule has 0 saturated carbocycles. The van der Waals surface area contributed by atoms with Gasteiger partial charge >= 0.3 is 0 Å². The molecule has 2 rings (SSSR count). The zero-order valence-electron chi connectivity index (χ0n) is 11.4. The molecule has 2 N–H and O–H groups in total. The molecule has 0 bridgehead atoms. The summed E-state index contributed by atoms with van der Waals surface area (Å²) in [4.78, 5) is 8.56. The quantitative estimate of drug-likeness (QED) is 0.852. The molecule has 106 valence electrons. The highest BCUT2D eigenvalue weighted by Gasteiger charge is 2.10. The summed E-state index contributed by atoms with van der Waals surface area (Å²) in [6, 6.07) is 5.32. The molecular formula is C14H16Cl2N4. The second-order valence-corrected chi connectivity index (χ2v) is 5.03. The van der Waals surface area contributed by atoms with E-state index in [9.17, 15) is 0 Å². The van der Waals surface area contributed by atoms with Crippen molar-refractivity contribution in [2.24, 2.45) is 0 Å². The minimum atomic E-state index is 0.558. The Morgan fingerprint density at radius 1 is 1.10 bits per heavy atom. The molecule has 1 aromatic heterocycles. The Labute approximate surface area is 128 Å². The third kappa shape index (κ3) is 3.32. The van der Waals surface area contributed by atoms with Gasteiger partial charge in [0.1, 0.15) is 18.0 Å². The SMILES string of the molecule is CCNc1ncnc(Nc2ccc(Cl)cc2Cl)c1CC. The van der Waals surface area contributed by atoms with Gasteiger partial charge in [0.15, 0.2) is 0 Å². The van der Waals surface area contributed by atoms with Gasteiger partial charge in [-0.3, -0.25) is 0 Å². The monoisotopic (exact) mass is 310 g/mol. The standard InChI is InChI=1S/C14H16Cl2N4/c1-3-10-13(17-4-2)18-8-19-14(10)20-12-6-5-9(15)7-11(12)16/h5-8H,3-4H2,1-2H3,(H2,17,18,19,20). The number of nitrogens with zero attached hydrogens (tertiary/aromatic N) is 2. The lowest BCUT2D eigenvalue weighted by atomic mass is 10.2. The van der Waals surface area contributed by atoms with E-state index < -0.39 is 0 Å². The Kier molecular flexibility index (Phi) is 5.04. The molecule has 0 fully saturated rings. The predicted octanol–water partition coefficient (Wildman–Crippen LogP) is 4.52. The second-order valence-electron chi connectivity index (χ2n) is 4.18. The molecule has 0 aliphatic rings. The van der Waals surface area contributed by atoms with Crippen LogP contribution < -0.4 is 10.6 Å². The summed E-state index contributed by atoms with van der Waals surface area (Å²) < 4.78 is 0. The molecule has 0 spiro atoms. The number of rotatable bonds is 5. The molecule has 0 aliphatic heterocycles. The van der Waals surface area contributed by atoms with Gasteiger partial charge in [-0.15, -0.1) is 0 Å². The van der Waals surface area contributed by atoms with Crippen molar-refractivity contribution in [3.05, 3.63) is 40.1 Å². The van der Waals surface area contributed by atoms with Crippen LogP contribution in [0.15, 0.2) is 24.5 Å². The van der Waals surface area contributed by atoms with Crippen molar-refractivity contribution < 1.29 is 0 Å². The van der Waals surface area contributed by atoms with E-state index in [1.165, 1.54) is 6.33 Å². The minimum absolute atomic E-state index is 0.558. The van der Waals surface area contributed by atoms with Crippen molar-refractivity contribution >= 4 is 40.5 Å². The molecule has 20 heavy (non-hydrogen) atoms. The largest absolute Gasteiger partial charge is 0.370 e. The molecule has 0 amide bonds. The molecular weight excluding hydrogens is 295 g/mol. The fraction of sp³-hybridized carbons (Fsp3) is 0.286. The first-order chi connectivity index (χ1) is 9.65. The molecule has 0 aliphatic carbocycles. The Bertz CT molecular complexity index is 602. The van der Waals surface area contributed by atoms with E-state index in [0.29, 0.717) is 10.0 Å². The van der Waals surface area contributed by atoms with Gasteiger partial charge in [-0.1, -0.05) is 30.1 Å². The Balaban J connectivity index is 2.35. The first kappa shape index (κ1) is 14.9. The summed E-state index contributed by atoms with van der Waals surface area (Å²) in [5.41, 5.74) is 1.80. The van der Waals surface area contributed by atoms with Gasteiger partial charge in [-0.25, -0.2) is 9.97 Å². The molecule has 4 nitrogen and oxygen atoms in total. The molecule has 0 saturated heterocycles. The number of hydrogen-bond donors (Lipinski definition) is 2. The topological polar surface area (TPSA) is 49.8 Å². The number of halogens is 2. The first-order valence-corrected chi connectivity index (χ1v) is 7.21. The highest BCUT2D eigenvalue weighted by Crippen LogP contribution is 2.30. The maximum absolute atomic E-state index is 6.17. The van der Waals surface area contributed by atoms with Crippen LogP contribution in [0.1, 0.15) is 19.4 Å². The van der Waals surface area contributed by atoms with Gasteiger partial charge in [0.25, 0.3) is 0 Å². The van der Waals surface area contributed by atoms with E-state index in [2.05, 4.69) is 27.5 Å². The van der Waals surface area contributed by atoms with E-state index in [1.54, 1.807) is 12.1 Å². The zero-order chi connectivity index (χ0) is 14.5. The molecule has 0 atom stereocenters. The lowest BCUT2D eigenvalue weighted by Gasteiger charge is -2.14. The maximum Gasteiger partial charge on any atom is 0.139 e. The molecule has 1 heterocycles. The Morgan fingerprint density at radius 3 is 2.50 bits per heavy atom. The average molecular weight is 311 g/mol. The van der Waals surface area contributed by atoms with E-state index in [0.717, 1.165) is 35.9 Å². The minimum Gasteiger partial charge on any atom is -0.370 e. The first-order valence-electron chi connectivity index (χ1n) is 6.45. The van der Waals surface area contributed by atoms with Gasteiger partial charge in [0, 0.05) is 17.1 Å². The normalized spacial score (nSPS) is 10.4. The highest BCUT2D eigenvalue weighted by atomic mass is 35.5. The highest BCUT2D eigenvalue weighted by molar-refractivity contribution is 6.36. The molecule has 6 heteroatoms. The van der Waals surface area contributed by atoms with E-state index in [1.807, 2.05) is 13.0 Å². The van der Waals surface area contributed by atoms with Gasteiger partial charge in [0.2, 0.25) is 0 Å². The van der Waals surface area contributed by atoms with Crippen molar-refractivity contribution in [3.63, 3.8) is 0 Å². The summed E-state index contributed by atoms with van der Waals surface area (Å²) in [5.74, 6) is 1.60. The van der Waals surface area contributed by atoms with Crippen molar-refractivity contribution in [3.8, 4) is 0 Å². The van der Waals surface area contributed by atoms with Crippen LogP contribution in [0.25, 0.3) is 0 Å². The van der Waals surface area contributed by atoms with Gasteiger partial charge in [-0.05, 0) is 31.5 Å². The van der Waals surface area contributed by atoms with Gasteiger partial charge in [0.05, 0.1) is 10.7 Å². The van der Waals surface area contributed by atoms with Gasteiger partial charge < -0.3 is 10.6 Å². The molecule has 1 aromatic carbocycles. The van der Waals surface area contributed by atoms with E-state index >= 15 is 0 Å². The molecule has 2 aromatic rings. The fourth-order valence-corrected chi connectivity index (χ4v) is 2.35. The summed E-state index contributed by atoms with van der Waals surface area (Å²) in [6.45, 7) is 4.91.